The molecule has 1 atom stereocenters. The normalized spacial score (nSPS) is 21.9. The van der Waals surface area contributed by atoms with E-state index in [4.69, 9.17) is 0 Å². The zero-order valence-corrected chi connectivity index (χ0v) is 11.2. The summed E-state index contributed by atoms with van der Waals surface area (Å²) in [5, 5.41) is 3.42. The largest absolute Gasteiger partial charge is 0.345 e. The molecule has 0 saturated carbocycles. The minimum Gasteiger partial charge on any atom is -0.345 e. The van der Waals surface area contributed by atoms with E-state index in [0.29, 0.717) is 12.5 Å². The van der Waals surface area contributed by atoms with Crippen LogP contribution in [-0.4, -0.2) is 37.0 Å². The van der Waals surface area contributed by atoms with Gasteiger partial charge in [-0.05, 0) is 24.8 Å². The van der Waals surface area contributed by atoms with Crippen molar-refractivity contribution in [3.63, 3.8) is 0 Å². The standard InChI is InChI=1S/C13H26N2O/c1-13(2,3)10-15(4)12(16)9-11-7-5-6-8-14-11/h11,14H,5-10H2,1-4H3. The van der Waals surface area contributed by atoms with Crippen LogP contribution in [0, 0.1) is 5.41 Å². The molecule has 1 heterocycles. The summed E-state index contributed by atoms with van der Waals surface area (Å²) in [7, 11) is 1.91. The Balaban J connectivity index is 2.33. The van der Waals surface area contributed by atoms with E-state index in [0.717, 1.165) is 19.5 Å². The first-order chi connectivity index (χ1) is 7.38. The Kier molecular flexibility index (Phi) is 4.78. The van der Waals surface area contributed by atoms with E-state index >= 15 is 0 Å². The second-order valence-corrected chi connectivity index (χ2v) is 6.16. The summed E-state index contributed by atoms with van der Waals surface area (Å²) in [6.07, 6.45) is 4.32. The molecule has 0 aromatic rings. The third kappa shape index (κ3) is 4.97. The highest BCUT2D eigenvalue weighted by molar-refractivity contribution is 5.76. The monoisotopic (exact) mass is 226 g/mol. The van der Waals surface area contributed by atoms with Crippen LogP contribution in [0.15, 0.2) is 0 Å². The van der Waals surface area contributed by atoms with E-state index in [9.17, 15) is 4.79 Å². The van der Waals surface area contributed by atoms with Crippen molar-refractivity contribution in [2.24, 2.45) is 5.41 Å². The molecule has 1 aliphatic rings. The topological polar surface area (TPSA) is 32.3 Å². The summed E-state index contributed by atoms with van der Waals surface area (Å²) in [5.41, 5.74) is 0.185. The maximum absolute atomic E-state index is 12.0. The first-order valence-electron chi connectivity index (χ1n) is 6.36. The van der Waals surface area contributed by atoms with Gasteiger partial charge < -0.3 is 10.2 Å². The van der Waals surface area contributed by atoms with Gasteiger partial charge in [-0.15, -0.1) is 0 Å². The third-order valence-corrected chi connectivity index (χ3v) is 2.97. The van der Waals surface area contributed by atoms with Crippen LogP contribution in [0.25, 0.3) is 0 Å². The third-order valence-electron chi connectivity index (χ3n) is 2.97. The van der Waals surface area contributed by atoms with Gasteiger partial charge in [-0.3, -0.25) is 4.79 Å². The van der Waals surface area contributed by atoms with Crippen molar-refractivity contribution in [3.8, 4) is 0 Å². The van der Waals surface area contributed by atoms with Crippen molar-refractivity contribution in [2.45, 2.75) is 52.5 Å². The number of amides is 1. The van der Waals surface area contributed by atoms with E-state index in [1.54, 1.807) is 0 Å². The second kappa shape index (κ2) is 5.67. The molecule has 1 fully saturated rings. The van der Waals surface area contributed by atoms with Gasteiger partial charge in [-0.1, -0.05) is 27.2 Å². The number of rotatable bonds is 3. The predicted octanol–water partition coefficient (Wildman–Crippen LogP) is 2.02. The summed E-state index contributed by atoms with van der Waals surface area (Å²) in [4.78, 5) is 13.8. The fourth-order valence-corrected chi connectivity index (χ4v) is 2.26. The lowest BCUT2D eigenvalue weighted by molar-refractivity contribution is -0.131. The minimum absolute atomic E-state index is 0.185. The number of piperidine rings is 1. The highest BCUT2D eigenvalue weighted by atomic mass is 16.2. The van der Waals surface area contributed by atoms with Gasteiger partial charge in [-0.25, -0.2) is 0 Å². The van der Waals surface area contributed by atoms with Crippen LogP contribution in [0.3, 0.4) is 0 Å². The van der Waals surface area contributed by atoms with Crippen molar-refractivity contribution >= 4 is 5.91 Å². The summed E-state index contributed by atoms with van der Waals surface area (Å²) in [6, 6.07) is 0.406. The van der Waals surface area contributed by atoms with Gasteiger partial charge in [-0.2, -0.15) is 0 Å². The van der Waals surface area contributed by atoms with Crippen molar-refractivity contribution in [1.82, 2.24) is 10.2 Å². The predicted molar refractivity (Wildman–Crippen MR) is 67.4 cm³/mol. The Morgan fingerprint density at radius 1 is 1.38 bits per heavy atom. The molecule has 1 amide bonds. The number of hydrogen-bond acceptors (Lipinski definition) is 2. The van der Waals surface area contributed by atoms with E-state index in [1.807, 2.05) is 11.9 Å². The molecule has 0 spiro atoms. The summed E-state index contributed by atoms with van der Waals surface area (Å²) in [6.45, 7) is 8.39. The Morgan fingerprint density at radius 2 is 2.06 bits per heavy atom. The lowest BCUT2D eigenvalue weighted by Crippen LogP contribution is -2.41. The van der Waals surface area contributed by atoms with Crippen molar-refractivity contribution in [3.05, 3.63) is 0 Å². The lowest BCUT2D eigenvalue weighted by Gasteiger charge is -2.29. The molecule has 1 unspecified atom stereocenters. The first kappa shape index (κ1) is 13.5. The molecular formula is C13H26N2O. The molecule has 1 saturated heterocycles. The molecule has 1 rings (SSSR count). The molecule has 94 valence electrons. The van der Waals surface area contributed by atoms with E-state index in [-0.39, 0.29) is 11.3 Å². The van der Waals surface area contributed by atoms with E-state index < -0.39 is 0 Å². The fraction of sp³-hybridized carbons (Fsp3) is 0.923. The average Bonchev–Trinajstić information content (AvgIpc) is 2.16. The van der Waals surface area contributed by atoms with Crippen LogP contribution in [0.5, 0.6) is 0 Å². The van der Waals surface area contributed by atoms with Gasteiger partial charge in [0.1, 0.15) is 0 Å². The molecule has 0 aromatic carbocycles. The van der Waals surface area contributed by atoms with Crippen LogP contribution in [0.2, 0.25) is 0 Å². The van der Waals surface area contributed by atoms with Crippen LogP contribution < -0.4 is 5.32 Å². The van der Waals surface area contributed by atoms with Gasteiger partial charge in [0.25, 0.3) is 0 Å². The van der Waals surface area contributed by atoms with Crippen LogP contribution in [0.1, 0.15) is 46.5 Å². The highest BCUT2D eigenvalue weighted by Crippen LogP contribution is 2.16. The second-order valence-electron chi connectivity index (χ2n) is 6.16. The van der Waals surface area contributed by atoms with Crippen molar-refractivity contribution in [1.29, 1.82) is 0 Å². The van der Waals surface area contributed by atoms with Crippen molar-refractivity contribution < 1.29 is 4.79 Å². The average molecular weight is 226 g/mol. The summed E-state index contributed by atoms with van der Waals surface area (Å²) < 4.78 is 0. The lowest BCUT2D eigenvalue weighted by atomic mass is 9.95. The molecule has 0 radical (unpaired) electrons. The van der Waals surface area contributed by atoms with Crippen molar-refractivity contribution in [2.75, 3.05) is 20.1 Å². The number of hydrogen-bond donors (Lipinski definition) is 1. The molecule has 1 aliphatic heterocycles. The van der Waals surface area contributed by atoms with Gasteiger partial charge in [0.05, 0.1) is 0 Å². The molecular weight excluding hydrogens is 200 g/mol. The smallest absolute Gasteiger partial charge is 0.223 e. The molecule has 0 bridgehead atoms. The van der Waals surface area contributed by atoms with Gasteiger partial charge in [0, 0.05) is 26.1 Å². The van der Waals surface area contributed by atoms with E-state index in [1.165, 1.54) is 12.8 Å². The van der Waals surface area contributed by atoms with Crippen LogP contribution >= 0.6 is 0 Å². The number of carbonyl (C=O) groups is 1. The Labute approximate surface area is 99.6 Å². The summed E-state index contributed by atoms with van der Waals surface area (Å²) >= 11 is 0. The minimum atomic E-state index is 0.185. The zero-order chi connectivity index (χ0) is 12.2. The highest BCUT2D eigenvalue weighted by Gasteiger charge is 2.21. The fourth-order valence-electron chi connectivity index (χ4n) is 2.26. The first-order valence-corrected chi connectivity index (χ1v) is 6.36. The van der Waals surface area contributed by atoms with Gasteiger partial charge >= 0.3 is 0 Å². The van der Waals surface area contributed by atoms with Crippen LogP contribution in [-0.2, 0) is 4.79 Å². The zero-order valence-electron chi connectivity index (χ0n) is 11.2. The number of nitrogens with zero attached hydrogens (tertiary/aromatic N) is 1. The maximum atomic E-state index is 12.0. The Morgan fingerprint density at radius 3 is 2.56 bits per heavy atom. The van der Waals surface area contributed by atoms with Gasteiger partial charge in [0.2, 0.25) is 5.91 Å². The molecule has 0 aliphatic carbocycles. The SMILES string of the molecule is CN(CC(C)(C)C)C(=O)CC1CCCCN1. The molecule has 1 N–H and O–H groups in total. The van der Waals surface area contributed by atoms with Gasteiger partial charge in [0.15, 0.2) is 0 Å². The quantitative estimate of drug-likeness (QED) is 0.798. The summed E-state index contributed by atoms with van der Waals surface area (Å²) in [5.74, 6) is 0.273. The number of nitrogens with one attached hydrogen (secondary N) is 1. The van der Waals surface area contributed by atoms with Crippen LogP contribution in [0.4, 0.5) is 0 Å². The number of carbonyl (C=O) groups excluding carboxylic acids is 1. The van der Waals surface area contributed by atoms with E-state index in [2.05, 4.69) is 26.1 Å². The molecule has 3 nitrogen and oxygen atoms in total. The Hall–Kier alpha value is -0.570. The molecule has 0 aromatic heterocycles. The molecule has 16 heavy (non-hydrogen) atoms. The maximum Gasteiger partial charge on any atom is 0.223 e. The molecule has 3 heteroatoms. The Bertz CT molecular complexity index is 227.